The van der Waals surface area contributed by atoms with Crippen molar-refractivity contribution in [1.82, 2.24) is 5.32 Å². The van der Waals surface area contributed by atoms with E-state index in [0.717, 1.165) is 56.6 Å². The van der Waals surface area contributed by atoms with E-state index in [1.54, 1.807) is 6.26 Å². The van der Waals surface area contributed by atoms with Crippen LogP contribution in [0.3, 0.4) is 0 Å². The highest BCUT2D eigenvalue weighted by atomic mass is 16.5. The average Bonchev–Trinajstić information content (AvgIpc) is 3.33. The minimum Gasteiger partial charge on any atom is -0.490 e. The molecule has 1 aromatic heterocycles. The fourth-order valence-electron chi connectivity index (χ4n) is 4.57. The number of fused-ring (bicyclic) bond motifs is 1. The Morgan fingerprint density at radius 3 is 2.60 bits per heavy atom. The molecule has 1 fully saturated rings. The first-order chi connectivity index (χ1) is 14.8. The molecule has 156 valence electrons. The van der Waals surface area contributed by atoms with Crippen LogP contribution in [-0.2, 0) is 13.0 Å². The Morgan fingerprint density at radius 1 is 0.933 bits per heavy atom. The van der Waals surface area contributed by atoms with Crippen molar-refractivity contribution in [3.63, 3.8) is 0 Å². The van der Waals surface area contributed by atoms with Gasteiger partial charge in [0.25, 0.3) is 0 Å². The van der Waals surface area contributed by atoms with Crippen molar-refractivity contribution in [2.75, 3.05) is 0 Å². The van der Waals surface area contributed by atoms with E-state index in [2.05, 4.69) is 47.8 Å². The molecule has 3 aromatic rings. The molecule has 0 radical (unpaired) electrons. The van der Waals surface area contributed by atoms with Gasteiger partial charge in [0, 0.05) is 18.2 Å². The van der Waals surface area contributed by atoms with Crippen molar-refractivity contribution in [3.05, 3.63) is 83.8 Å². The number of benzene rings is 2. The summed E-state index contributed by atoms with van der Waals surface area (Å²) >= 11 is 0. The van der Waals surface area contributed by atoms with Crippen molar-refractivity contribution in [1.29, 1.82) is 0 Å². The quantitative estimate of drug-likeness (QED) is 0.563. The number of hydrogen-bond donors (Lipinski definition) is 1. The molecular formula is C26H29NO3. The highest BCUT2D eigenvalue weighted by Crippen LogP contribution is 2.37. The van der Waals surface area contributed by atoms with Crippen molar-refractivity contribution in [3.8, 4) is 11.5 Å². The predicted molar refractivity (Wildman–Crippen MR) is 117 cm³/mol. The second-order valence-electron chi connectivity index (χ2n) is 8.43. The van der Waals surface area contributed by atoms with Gasteiger partial charge in [-0.15, -0.1) is 0 Å². The topological polar surface area (TPSA) is 43.6 Å². The lowest BCUT2D eigenvalue weighted by Gasteiger charge is -2.30. The number of hydrogen-bond acceptors (Lipinski definition) is 4. The third kappa shape index (κ3) is 4.54. The van der Waals surface area contributed by atoms with E-state index in [0.29, 0.717) is 12.1 Å². The normalized spacial score (nSPS) is 23.4. The zero-order valence-corrected chi connectivity index (χ0v) is 17.3. The maximum Gasteiger partial charge on any atom is 0.124 e. The molecule has 5 rings (SSSR count). The number of aryl methyl sites for hydroxylation is 1. The Hall–Kier alpha value is -2.72. The van der Waals surface area contributed by atoms with Crippen LogP contribution in [0.25, 0.3) is 0 Å². The molecule has 0 amide bonds. The third-order valence-electron chi connectivity index (χ3n) is 6.30. The Labute approximate surface area is 178 Å². The Bertz CT molecular complexity index is 930. The van der Waals surface area contributed by atoms with Crippen LogP contribution >= 0.6 is 0 Å². The van der Waals surface area contributed by atoms with Gasteiger partial charge >= 0.3 is 0 Å². The van der Waals surface area contributed by atoms with Crippen molar-refractivity contribution < 1.29 is 13.9 Å². The Kier molecular flexibility index (Phi) is 5.76. The predicted octanol–water partition coefficient (Wildman–Crippen LogP) is 5.83. The molecule has 30 heavy (non-hydrogen) atoms. The first-order valence-electron chi connectivity index (χ1n) is 11.1. The average molecular weight is 404 g/mol. The Balaban J connectivity index is 1.13. The third-order valence-corrected chi connectivity index (χ3v) is 6.30. The van der Waals surface area contributed by atoms with Crippen LogP contribution in [0.4, 0.5) is 0 Å². The smallest absolute Gasteiger partial charge is 0.124 e. The van der Waals surface area contributed by atoms with Crippen LogP contribution < -0.4 is 14.8 Å². The molecule has 2 heterocycles. The van der Waals surface area contributed by atoms with Gasteiger partial charge in [0.1, 0.15) is 17.6 Å². The summed E-state index contributed by atoms with van der Waals surface area (Å²) in [5, 5.41) is 3.63. The van der Waals surface area contributed by atoms with E-state index in [1.807, 2.05) is 18.4 Å². The van der Waals surface area contributed by atoms with Gasteiger partial charge in [-0.05, 0) is 73.9 Å². The maximum atomic E-state index is 6.33. The highest BCUT2D eigenvalue weighted by Gasteiger charge is 2.24. The van der Waals surface area contributed by atoms with Crippen LogP contribution in [0.5, 0.6) is 11.5 Å². The van der Waals surface area contributed by atoms with E-state index in [1.165, 1.54) is 16.7 Å². The summed E-state index contributed by atoms with van der Waals surface area (Å²) in [5.74, 6) is 1.97. The summed E-state index contributed by atoms with van der Waals surface area (Å²) in [7, 11) is 0. The first kappa shape index (κ1) is 19.3. The molecule has 1 aliphatic heterocycles. The molecular weight excluding hydrogens is 374 g/mol. The molecule has 2 aromatic carbocycles. The van der Waals surface area contributed by atoms with E-state index in [9.17, 15) is 0 Å². The largest absolute Gasteiger partial charge is 0.490 e. The van der Waals surface area contributed by atoms with Crippen LogP contribution in [0, 0.1) is 0 Å². The maximum absolute atomic E-state index is 6.33. The summed E-state index contributed by atoms with van der Waals surface area (Å²) in [5.41, 5.74) is 3.72. The van der Waals surface area contributed by atoms with Crippen LogP contribution in [0.15, 0.2) is 71.5 Å². The second-order valence-corrected chi connectivity index (χ2v) is 8.43. The lowest BCUT2D eigenvalue weighted by Crippen LogP contribution is -2.35. The van der Waals surface area contributed by atoms with Crippen LogP contribution in [-0.4, -0.2) is 12.1 Å². The fraction of sp³-hybridized carbons (Fsp3) is 0.385. The molecule has 0 spiro atoms. The molecule has 1 N–H and O–H groups in total. The van der Waals surface area contributed by atoms with Gasteiger partial charge in [0.2, 0.25) is 0 Å². The van der Waals surface area contributed by atoms with Crippen molar-refractivity contribution >= 4 is 0 Å². The summed E-state index contributed by atoms with van der Waals surface area (Å²) in [4.78, 5) is 0. The van der Waals surface area contributed by atoms with Gasteiger partial charge in [-0.3, -0.25) is 0 Å². The summed E-state index contributed by atoms with van der Waals surface area (Å²) < 4.78 is 17.7. The van der Waals surface area contributed by atoms with Gasteiger partial charge in [-0.2, -0.15) is 0 Å². The van der Waals surface area contributed by atoms with Crippen LogP contribution in [0.1, 0.15) is 54.9 Å². The van der Waals surface area contributed by atoms with E-state index < -0.39 is 0 Å². The van der Waals surface area contributed by atoms with Crippen molar-refractivity contribution in [2.45, 2.75) is 63.3 Å². The standard InChI is InChI=1S/C26H29NO3/c1-2-4-20(5-3-1)25-12-6-21-16-24(11-13-26(21)30-25)29-23-9-7-22(8-10-23)27-17-19-14-15-28-18-19/h1-5,11,13-16,18,22-23,25,27H,6-10,12,17H2. The molecule has 1 saturated carbocycles. The lowest BCUT2D eigenvalue weighted by molar-refractivity contribution is 0.138. The van der Waals surface area contributed by atoms with Gasteiger partial charge in [0.15, 0.2) is 0 Å². The Morgan fingerprint density at radius 2 is 1.80 bits per heavy atom. The lowest BCUT2D eigenvalue weighted by atomic mass is 9.92. The molecule has 1 unspecified atom stereocenters. The number of furan rings is 1. The second kappa shape index (κ2) is 8.97. The summed E-state index contributed by atoms with van der Waals surface area (Å²) in [6.07, 6.45) is 10.5. The minimum atomic E-state index is 0.148. The van der Waals surface area contributed by atoms with Gasteiger partial charge in [-0.1, -0.05) is 30.3 Å². The number of rotatable bonds is 6. The van der Waals surface area contributed by atoms with E-state index in [-0.39, 0.29) is 6.10 Å². The molecule has 4 nitrogen and oxygen atoms in total. The number of nitrogens with one attached hydrogen (secondary N) is 1. The summed E-state index contributed by atoms with van der Waals surface area (Å²) in [6, 6.07) is 19.4. The zero-order valence-electron chi connectivity index (χ0n) is 17.3. The molecule has 0 bridgehead atoms. The molecule has 2 aliphatic rings. The molecule has 0 saturated heterocycles. The molecule has 1 aliphatic carbocycles. The number of ether oxygens (including phenoxy) is 2. The van der Waals surface area contributed by atoms with Crippen LogP contribution in [0.2, 0.25) is 0 Å². The molecule has 4 heteroatoms. The minimum absolute atomic E-state index is 0.148. The first-order valence-corrected chi connectivity index (χ1v) is 11.1. The van der Waals surface area contributed by atoms with Gasteiger partial charge in [-0.25, -0.2) is 0 Å². The summed E-state index contributed by atoms with van der Waals surface area (Å²) in [6.45, 7) is 0.876. The highest BCUT2D eigenvalue weighted by molar-refractivity contribution is 5.42. The van der Waals surface area contributed by atoms with Gasteiger partial charge in [0.05, 0.1) is 18.6 Å². The van der Waals surface area contributed by atoms with E-state index in [4.69, 9.17) is 13.9 Å². The van der Waals surface area contributed by atoms with Gasteiger partial charge < -0.3 is 19.2 Å². The van der Waals surface area contributed by atoms with Crippen molar-refractivity contribution in [2.24, 2.45) is 0 Å². The monoisotopic (exact) mass is 403 g/mol. The van der Waals surface area contributed by atoms with E-state index >= 15 is 0 Å². The fourth-order valence-corrected chi connectivity index (χ4v) is 4.57. The molecule has 1 atom stereocenters. The SMILES string of the molecule is c1ccc(C2CCc3cc(OC4CCC(NCc5ccoc5)CC4)ccc3O2)cc1. The zero-order chi connectivity index (χ0) is 20.2.